The quantitative estimate of drug-likeness (QED) is 0.769. The average Bonchev–Trinajstić information content (AvgIpc) is 2.17. The van der Waals surface area contributed by atoms with E-state index < -0.39 is 5.60 Å². The number of aryl methyl sites for hydroxylation is 1. The lowest BCUT2D eigenvalue weighted by Gasteiger charge is -2.28. The van der Waals surface area contributed by atoms with Crippen molar-refractivity contribution in [3.8, 4) is 0 Å². The molecule has 3 N–H and O–H groups in total. The molecule has 0 aliphatic carbocycles. The van der Waals surface area contributed by atoms with Crippen LogP contribution < -0.4 is 5.73 Å². The Morgan fingerprint density at radius 1 is 1.50 bits per heavy atom. The molecule has 14 heavy (non-hydrogen) atoms. The lowest BCUT2D eigenvalue weighted by molar-refractivity contribution is 0.0348. The molecule has 78 valence electrons. The minimum atomic E-state index is -0.939. The molecule has 0 saturated heterocycles. The van der Waals surface area contributed by atoms with Crippen molar-refractivity contribution in [2.75, 3.05) is 0 Å². The smallest absolute Gasteiger partial charge is 0.102 e. The highest BCUT2D eigenvalue weighted by atomic mass is 16.3. The van der Waals surface area contributed by atoms with E-state index in [0.717, 1.165) is 12.0 Å². The Labute approximate surface area is 85.8 Å². The third kappa shape index (κ3) is 2.14. The van der Waals surface area contributed by atoms with Gasteiger partial charge in [0.1, 0.15) is 5.60 Å². The van der Waals surface area contributed by atoms with Gasteiger partial charge >= 0.3 is 0 Å². The number of hydrogen-bond donors (Lipinski definition) is 2. The molecule has 1 rings (SSSR count). The Hall–Kier alpha value is -0.860. The van der Waals surface area contributed by atoms with Crippen LogP contribution in [0.15, 0.2) is 24.3 Å². The molecule has 0 aliphatic rings. The third-order valence-corrected chi connectivity index (χ3v) is 2.81. The molecular formula is C12H19NO. The monoisotopic (exact) mass is 193 g/mol. The van der Waals surface area contributed by atoms with Gasteiger partial charge < -0.3 is 10.8 Å². The van der Waals surface area contributed by atoms with Crippen molar-refractivity contribution in [2.45, 2.75) is 38.8 Å². The van der Waals surface area contributed by atoms with Crippen LogP contribution >= 0.6 is 0 Å². The minimum Gasteiger partial charge on any atom is -0.384 e. The Morgan fingerprint density at radius 2 is 2.14 bits per heavy atom. The molecule has 2 heteroatoms. The summed E-state index contributed by atoms with van der Waals surface area (Å²) in [6, 6.07) is 7.69. The number of nitrogens with two attached hydrogens (primary N) is 1. The van der Waals surface area contributed by atoms with Gasteiger partial charge in [0.05, 0.1) is 0 Å². The molecule has 0 bridgehead atoms. The van der Waals surface area contributed by atoms with Crippen LogP contribution in [-0.4, -0.2) is 11.1 Å². The second-order valence-electron chi connectivity index (χ2n) is 3.99. The summed E-state index contributed by atoms with van der Waals surface area (Å²) in [5.74, 6) is 0. The van der Waals surface area contributed by atoms with Crippen molar-refractivity contribution in [1.29, 1.82) is 0 Å². The van der Waals surface area contributed by atoms with Crippen LogP contribution in [0.2, 0.25) is 0 Å². The van der Waals surface area contributed by atoms with Crippen LogP contribution in [0.5, 0.6) is 0 Å². The van der Waals surface area contributed by atoms with Crippen molar-refractivity contribution < 1.29 is 5.11 Å². The number of hydrogen-bond acceptors (Lipinski definition) is 2. The molecule has 0 aromatic heterocycles. The second-order valence-corrected chi connectivity index (χ2v) is 3.99. The molecule has 1 aromatic carbocycles. The van der Waals surface area contributed by atoms with E-state index in [-0.39, 0.29) is 6.04 Å². The summed E-state index contributed by atoms with van der Waals surface area (Å²) >= 11 is 0. The number of rotatable bonds is 3. The first-order valence-electron chi connectivity index (χ1n) is 5.05. The van der Waals surface area contributed by atoms with Gasteiger partial charge in [-0.15, -0.1) is 0 Å². The van der Waals surface area contributed by atoms with Gasteiger partial charge in [0.2, 0.25) is 0 Å². The van der Waals surface area contributed by atoms with Crippen LogP contribution in [0, 0.1) is 0 Å². The normalized spacial score (nSPS) is 17.5. The Morgan fingerprint density at radius 3 is 2.64 bits per heavy atom. The van der Waals surface area contributed by atoms with E-state index in [0.29, 0.717) is 0 Å². The van der Waals surface area contributed by atoms with E-state index in [1.807, 2.05) is 25.1 Å². The molecule has 0 heterocycles. The molecule has 1 aromatic rings. The Bertz CT molecular complexity index is 305. The molecule has 0 saturated carbocycles. The molecule has 2 atom stereocenters. The van der Waals surface area contributed by atoms with E-state index in [1.165, 1.54) is 5.56 Å². The molecule has 0 amide bonds. The summed E-state index contributed by atoms with van der Waals surface area (Å²) in [5, 5.41) is 10.2. The van der Waals surface area contributed by atoms with Crippen LogP contribution in [0.1, 0.15) is 31.9 Å². The summed E-state index contributed by atoms with van der Waals surface area (Å²) in [7, 11) is 0. The van der Waals surface area contributed by atoms with Gasteiger partial charge in [0.15, 0.2) is 0 Å². The van der Waals surface area contributed by atoms with Gasteiger partial charge in [-0.25, -0.2) is 0 Å². The maximum absolute atomic E-state index is 10.2. The fraction of sp³-hybridized carbons (Fsp3) is 0.500. The summed E-state index contributed by atoms with van der Waals surface area (Å²) in [6.07, 6.45) is 0.975. The van der Waals surface area contributed by atoms with Crippen LogP contribution in [-0.2, 0) is 12.0 Å². The molecule has 0 aliphatic heterocycles. The SMILES string of the molecule is CCc1cccc(C(C)(O)C(C)N)c1. The van der Waals surface area contributed by atoms with Crippen LogP contribution in [0.25, 0.3) is 0 Å². The third-order valence-electron chi connectivity index (χ3n) is 2.81. The van der Waals surface area contributed by atoms with Crippen molar-refractivity contribution >= 4 is 0 Å². The first kappa shape index (κ1) is 11.2. The van der Waals surface area contributed by atoms with Gasteiger partial charge in [0.25, 0.3) is 0 Å². The van der Waals surface area contributed by atoms with Crippen molar-refractivity contribution in [2.24, 2.45) is 5.73 Å². The van der Waals surface area contributed by atoms with E-state index >= 15 is 0 Å². The van der Waals surface area contributed by atoms with E-state index in [4.69, 9.17) is 5.73 Å². The average molecular weight is 193 g/mol. The van der Waals surface area contributed by atoms with Gasteiger partial charge in [-0.3, -0.25) is 0 Å². The highest BCUT2D eigenvalue weighted by Crippen LogP contribution is 2.24. The zero-order valence-corrected chi connectivity index (χ0v) is 9.12. The zero-order chi connectivity index (χ0) is 10.8. The fourth-order valence-corrected chi connectivity index (χ4v) is 1.37. The van der Waals surface area contributed by atoms with Gasteiger partial charge in [-0.05, 0) is 31.4 Å². The lowest BCUT2D eigenvalue weighted by Crippen LogP contribution is -2.40. The highest BCUT2D eigenvalue weighted by Gasteiger charge is 2.27. The first-order chi connectivity index (χ1) is 6.48. The molecule has 2 nitrogen and oxygen atoms in total. The summed E-state index contributed by atoms with van der Waals surface area (Å²) in [6.45, 7) is 5.67. The zero-order valence-electron chi connectivity index (χ0n) is 9.12. The lowest BCUT2D eigenvalue weighted by atomic mass is 9.88. The van der Waals surface area contributed by atoms with Crippen molar-refractivity contribution in [3.05, 3.63) is 35.4 Å². The minimum absolute atomic E-state index is 0.269. The molecule has 0 fully saturated rings. The highest BCUT2D eigenvalue weighted by molar-refractivity contribution is 5.28. The predicted molar refractivity (Wildman–Crippen MR) is 59.0 cm³/mol. The Kier molecular flexibility index (Phi) is 3.29. The van der Waals surface area contributed by atoms with Crippen molar-refractivity contribution in [1.82, 2.24) is 0 Å². The Balaban J connectivity index is 3.06. The van der Waals surface area contributed by atoms with Gasteiger partial charge in [-0.1, -0.05) is 31.2 Å². The van der Waals surface area contributed by atoms with E-state index in [9.17, 15) is 5.11 Å². The predicted octanol–water partition coefficient (Wildman–Crippen LogP) is 1.80. The number of aliphatic hydroxyl groups is 1. The number of benzene rings is 1. The summed E-state index contributed by atoms with van der Waals surface area (Å²) in [4.78, 5) is 0. The van der Waals surface area contributed by atoms with E-state index in [2.05, 4.69) is 13.0 Å². The molecule has 0 radical (unpaired) electrons. The topological polar surface area (TPSA) is 46.2 Å². The van der Waals surface area contributed by atoms with Crippen LogP contribution in [0.4, 0.5) is 0 Å². The standard InChI is InChI=1S/C12H19NO/c1-4-10-6-5-7-11(8-10)12(3,14)9(2)13/h5-9,14H,4,13H2,1-3H3. The molecule has 2 unspecified atom stereocenters. The van der Waals surface area contributed by atoms with Crippen molar-refractivity contribution in [3.63, 3.8) is 0 Å². The molecule has 0 spiro atoms. The largest absolute Gasteiger partial charge is 0.384 e. The van der Waals surface area contributed by atoms with E-state index in [1.54, 1.807) is 6.92 Å². The van der Waals surface area contributed by atoms with Gasteiger partial charge in [-0.2, -0.15) is 0 Å². The summed E-state index contributed by atoms with van der Waals surface area (Å²) < 4.78 is 0. The van der Waals surface area contributed by atoms with Crippen LogP contribution in [0.3, 0.4) is 0 Å². The fourth-order valence-electron chi connectivity index (χ4n) is 1.37. The maximum atomic E-state index is 10.2. The maximum Gasteiger partial charge on any atom is 0.102 e. The van der Waals surface area contributed by atoms with Gasteiger partial charge in [0, 0.05) is 6.04 Å². The second kappa shape index (κ2) is 4.11. The molecular weight excluding hydrogens is 174 g/mol. The first-order valence-corrected chi connectivity index (χ1v) is 5.05. The summed E-state index contributed by atoms with van der Waals surface area (Å²) in [5.41, 5.74) is 6.93.